The zero-order valence-electron chi connectivity index (χ0n) is 16.8. The van der Waals surface area contributed by atoms with Crippen molar-refractivity contribution in [2.24, 2.45) is 15.1 Å². The molecule has 1 amide bonds. The first-order chi connectivity index (χ1) is 14.9. The molecule has 1 unspecified atom stereocenters. The summed E-state index contributed by atoms with van der Waals surface area (Å²) in [6.07, 6.45) is 2.72. The first-order valence-corrected chi connectivity index (χ1v) is 11.0. The highest BCUT2D eigenvalue weighted by atomic mass is 32.2. The fourth-order valence-electron chi connectivity index (χ4n) is 2.89. The van der Waals surface area contributed by atoms with Crippen molar-refractivity contribution in [3.05, 3.63) is 53.2 Å². The molecule has 0 fully saturated rings. The zero-order chi connectivity index (χ0) is 22.4. The minimum atomic E-state index is -3.12. The van der Waals surface area contributed by atoms with E-state index in [1.807, 2.05) is 6.07 Å². The maximum absolute atomic E-state index is 14.5. The number of anilines is 1. The Morgan fingerprint density at radius 3 is 2.87 bits per heavy atom. The summed E-state index contributed by atoms with van der Waals surface area (Å²) in [6.45, 7) is 0.739. The quantitative estimate of drug-likeness (QED) is 0.541. The molecule has 3 N–H and O–H groups in total. The Kier molecular flexibility index (Phi) is 6.76. The number of carbonyl (C=O) groups is 1. The highest BCUT2D eigenvalue weighted by Gasteiger charge is 2.26. The van der Waals surface area contributed by atoms with Gasteiger partial charge < -0.3 is 11.1 Å². The van der Waals surface area contributed by atoms with Gasteiger partial charge in [0.25, 0.3) is 5.91 Å². The van der Waals surface area contributed by atoms with Gasteiger partial charge in [-0.05, 0) is 37.1 Å². The normalized spacial score (nSPS) is 19.1. The van der Waals surface area contributed by atoms with Crippen molar-refractivity contribution in [1.82, 2.24) is 14.3 Å². The number of pyridine rings is 2. The molecule has 0 saturated carbocycles. The van der Waals surface area contributed by atoms with Crippen molar-refractivity contribution in [3.8, 4) is 6.07 Å². The number of guanidine groups is 1. The van der Waals surface area contributed by atoms with Gasteiger partial charge in [0.2, 0.25) is 5.96 Å². The van der Waals surface area contributed by atoms with E-state index in [2.05, 4.69) is 24.6 Å². The lowest BCUT2D eigenvalue weighted by molar-refractivity contribution is 0.102. The number of nitrogens with two attached hydrogens (primary N) is 1. The van der Waals surface area contributed by atoms with Gasteiger partial charge in [0.15, 0.2) is 0 Å². The molecule has 1 aliphatic rings. The van der Waals surface area contributed by atoms with Gasteiger partial charge in [0, 0.05) is 19.8 Å². The third-order valence-corrected chi connectivity index (χ3v) is 6.80. The molecular weight excluding hydrogens is 423 g/mol. The number of nitrogens with one attached hydrogen (secondary N) is 1. The van der Waals surface area contributed by atoms with Crippen LogP contribution in [0.4, 0.5) is 10.2 Å². The van der Waals surface area contributed by atoms with E-state index in [9.17, 15) is 13.4 Å². The Balaban J connectivity index is 1.86. The minimum absolute atomic E-state index is 0.0624. The summed E-state index contributed by atoms with van der Waals surface area (Å²) in [5.74, 6) is -1.45. The SMILES string of the molecule is CN=C(N)N1CCCCN=S1(=O)Cc1nc(NC(=O)c2ccc(C#N)cn2)ccc1F. The first kappa shape index (κ1) is 22.1. The maximum Gasteiger partial charge on any atom is 0.275 e. The van der Waals surface area contributed by atoms with E-state index in [1.54, 1.807) is 0 Å². The van der Waals surface area contributed by atoms with Gasteiger partial charge in [0.05, 0.1) is 23.6 Å². The largest absolute Gasteiger partial charge is 0.369 e. The van der Waals surface area contributed by atoms with Crippen molar-refractivity contribution in [3.63, 3.8) is 0 Å². The molecule has 0 spiro atoms. The van der Waals surface area contributed by atoms with Crippen LogP contribution in [0.5, 0.6) is 0 Å². The van der Waals surface area contributed by atoms with Gasteiger partial charge in [-0.3, -0.25) is 14.1 Å². The number of hydrogen-bond donors (Lipinski definition) is 2. The van der Waals surface area contributed by atoms with E-state index in [4.69, 9.17) is 11.0 Å². The molecule has 12 heteroatoms. The number of nitrogens with zero attached hydrogens (tertiary/aromatic N) is 6. The molecule has 31 heavy (non-hydrogen) atoms. The average molecular weight is 444 g/mol. The van der Waals surface area contributed by atoms with Crippen molar-refractivity contribution >= 4 is 27.6 Å². The molecule has 1 atom stereocenters. The summed E-state index contributed by atoms with van der Waals surface area (Å²) in [7, 11) is -1.64. The van der Waals surface area contributed by atoms with E-state index >= 15 is 0 Å². The van der Waals surface area contributed by atoms with Crippen LogP contribution in [0.3, 0.4) is 0 Å². The van der Waals surface area contributed by atoms with Crippen LogP contribution in [0.15, 0.2) is 39.8 Å². The number of nitriles is 1. The molecule has 1 aliphatic heterocycles. The molecule has 0 aromatic carbocycles. The fraction of sp³-hybridized carbons (Fsp3) is 0.316. The summed E-state index contributed by atoms with van der Waals surface area (Å²) >= 11 is 0. The number of carbonyl (C=O) groups excluding carboxylic acids is 1. The summed E-state index contributed by atoms with van der Waals surface area (Å²) in [4.78, 5) is 24.3. The predicted molar refractivity (Wildman–Crippen MR) is 114 cm³/mol. The van der Waals surface area contributed by atoms with E-state index in [-0.39, 0.29) is 28.9 Å². The second-order valence-corrected chi connectivity index (χ2v) is 8.82. The minimum Gasteiger partial charge on any atom is -0.369 e. The highest BCUT2D eigenvalue weighted by molar-refractivity contribution is 7.91. The van der Waals surface area contributed by atoms with Gasteiger partial charge in [-0.15, -0.1) is 0 Å². The second kappa shape index (κ2) is 9.48. The van der Waals surface area contributed by atoms with Crippen LogP contribution in [0, 0.1) is 17.1 Å². The van der Waals surface area contributed by atoms with E-state index in [0.29, 0.717) is 18.7 Å². The number of amides is 1. The van der Waals surface area contributed by atoms with Crippen LogP contribution in [0.25, 0.3) is 0 Å². The second-order valence-electron chi connectivity index (χ2n) is 6.62. The molecule has 2 aromatic rings. The summed E-state index contributed by atoms with van der Waals surface area (Å²) < 4.78 is 33.7. The molecule has 0 saturated heterocycles. The number of halogens is 1. The molecule has 2 aromatic heterocycles. The third-order valence-electron chi connectivity index (χ3n) is 4.50. The van der Waals surface area contributed by atoms with Gasteiger partial charge in [-0.1, -0.05) is 0 Å². The van der Waals surface area contributed by atoms with Crippen LogP contribution in [-0.2, 0) is 15.7 Å². The molecule has 0 radical (unpaired) electrons. The maximum atomic E-state index is 14.5. The lowest BCUT2D eigenvalue weighted by Gasteiger charge is -2.25. The number of hydrogen-bond acceptors (Lipinski definition) is 7. The predicted octanol–water partition coefficient (Wildman–Crippen LogP) is 1.66. The smallest absolute Gasteiger partial charge is 0.275 e. The van der Waals surface area contributed by atoms with Gasteiger partial charge in [-0.2, -0.15) is 5.26 Å². The lowest BCUT2D eigenvalue weighted by atomic mass is 10.2. The zero-order valence-corrected chi connectivity index (χ0v) is 17.6. The Bertz CT molecular complexity index is 1170. The lowest BCUT2D eigenvalue weighted by Crippen LogP contribution is -2.42. The van der Waals surface area contributed by atoms with Crippen LogP contribution in [0.1, 0.15) is 34.6 Å². The molecular formula is C19H21FN8O2S. The first-order valence-electron chi connectivity index (χ1n) is 9.40. The van der Waals surface area contributed by atoms with E-state index in [0.717, 1.165) is 18.9 Å². The van der Waals surface area contributed by atoms with Crippen LogP contribution >= 0.6 is 0 Å². The van der Waals surface area contributed by atoms with Crippen LogP contribution < -0.4 is 11.1 Å². The van der Waals surface area contributed by atoms with Crippen molar-refractivity contribution in [1.29, 1.82) is 5.26 Å². The topological polar surface area (TPSA) is 150 Å². The van der Waals surface area contributed by atoms with Crippen LogP contribution in [-0.4, -0.2) is 50.5 Å². The molecule has 0 aliphatic carbocycles. The Morgan fingerprint density at radius 2 is 2.19 bits per heavy atom. The van der Waals surface area contributed by atoms with E-state index < -0.39 is 21.6 Å². The molecule has 162 valence electrons. The Morgan fingerprint density at radius 1 is 1.39 bits per heavy atom. The fourth-order valence-corrected chi connectivity index (χ4v) is 5.04. The van der Waals surface area contributed by atoms with Crippen molar-refractivity contribution < 1.29 is 13.4 Å². The summed E-state index contributed by atoms with van der Waals surface area (Å²) in [5, 5.41) is 11.3. The highest BCUT2D eigenvalue weighted by Crippen LogP contribution is 2.20. The van der Waals surface area contributed by atoms with E-state index in [1.165, 1.54) is 35.7 Å². The average Bonchev–Trinajstić information content (AvgIpc) is 2.97. The van der Waals surface area contributed by atoms with Gasteiger partial charge in [0.1, 0.15) is 33.3 Å². The number of rotatable bonds is 4. The van der Waals surface area contributed by atoms with Crippen LogP contribution in [0.2, 0.25) is 0 Å². The van der Waals surface area contributed by atoms with Gasteiger partial charge >= 0.3 is 0 Å². The third kappa shape index (κ3) is 5.13. The number of aromatic nitrogens is 2. The van der Waals surface area contributed by atoms with Gasteiger partial charge in [-0.25, -0.2) is 22.9 Å². The summed E-state index contributed by atoms with van der Waals surface area (Å²) in [6, 6.07) is 7.18. The Labute approximate surface area is 179 Å². The van der Waals surface area contributed by atoms with Crippen molar-refractivity contribution in [2.45, 2.75) is 18.6 Å². The Hall–Kier alpha value is -3.59. The molecule has 3 heterocycles. The molecule has 0 bridgehead atoms. The summed E-state index contributed by atoms with van der Waals surface area (Å²) in [5.41, 5.74) is 6.17. The van der Waals surface area contributed by atoms with Crippen molar-refractivity contribution in [2.75, 3.05) is 25.5 Å². The molecule has 10 nitrogen and oxygen atoms in total. The monoisotopic (exact) mass is 444 g/mol. The molecule has 3 rings (SSSR count). The number of aliphatic imine (C=N–C) groups is 1. The standard InChI is InChI=1S/C19H21FN8O2S/c1-23-19(22)28-9-3-2-8-25-31(28,30)12-16-14(20)5-7-17(26-16)27-18(29)15-6-4-13(10-21)11-24-15/h4-7,11H,2-3,8-9,12H2,1H3,(H2,22,23)(H,26,27,29).